The molecule has 2 heterocycles. The third-order valence-electron chi connectivity index (χ3n) is 5.79. The first kappa shape index (κ1) is 18.2. The maximum atomic E-state index is 13.3. The number of benzene rings is 1. The minimum atomic E-state index is -1.11. The van der Waals surface area contributed by atoms with Crippen LogP contribution in [-0.2, 0) is 19.9 Å². The molecule has 0 bridgehead atoms. The van der Waals surface area contributed by atoms with Crippen molar-refractivity contribution in [3.05, 3.63) is 53.9 Å². The monoisotopic (exact) mass is 379 g/mol. The van der Waals surface area contributed by atoms with E-state index < -0.39 is 17.3 Å². The van der Waals surface area contributed by atoms with Crippen molar-refractivity contribution < 1.29 is 24.6 Å². The van der Waals surface area contributed by atoms with Gasteiger partial charge in [0.25, 0.3) is 0 Å². The average Bonchev–Trinajstić information content (AvgIpc) is 3.34. The van der Waals surface area contributed by atoms with Crippen LogP contribution in [0.4, 0.5) is 0 Å². The second-order valence-electron chi connectivity index (χ2n) is 7.46. The molecule has 28 heavy (non-hydrogen) atoms. The second-order valence-corrected chi connectivity index (χ2v) is 7.46. The van der Waals surface area contributed by atoms with E-state index in [1.807, 2.05) is 41.1 Å². The van der Waals surface area contributed by atoms with Crippen molar-refractivity contribution in [2.45, 2.75) is 44.1 Å². The van der Waals surface area contributed by atoms with Gasteiger partial charge in [0.2, 0.25) is 0 Å². The summed E-state index contributed by atoms with van der Waals surface area (Å²) in [6.07, 6.45) is 4.13. The van der Waals surface area contributed by atoms with Crippen LogP contribution < -0.4 is 0 Å². The van der Waals surface area contributed by atoms with Gasteiger partial charge in [0.05, 0.1) is 12.1 Å². The van der Waals surface area contributed by atoms with Gasteiger partial charge < -0.3 is 14.8 Å². The summed E-state index contributed by atoms with van der Waals surface area (Å²) in [5.74, 6) is -2.45. The molecule has 1 fully saturated rings. The first-order chi connectivity index (χ1) is 13.4. The van der Waals surface area contributed by atoms with Crippen molar-refractivity contribution in [2.75, 3.05) is 0 Å². The first-order valence-corrected chi connectivity index (χ1v) is 9.46. The number of aliphatic carboxylic acids is 1. The molecule has 6 heteroatoms. The third kappa shape index (κ3) is 2.76. The van der Waals surface area contributed by atoms with Gasteiger partial charge in [0.1, 0.15) is 11.1 Å². The molecule has 144 valence electrons. The number of rotatable bonds is 5. The van der Waals surface area contributed by atoms with Gasteiger partial charge >= 0.3 is 5.97 Å². The van der Waals surface area contributed by atoms with Gasteiger partial charge in [0.15, 0.2) is 17.3 Å². The Bertz CT molecular complexity index is 993. The number of carbonyl (C=O) groups is 3. The van der Waals surface area contributed by atoms with Gasteiger partial charge in [-0.2, -0.15) is 0 Å². The molecule has 0 saturated heterocycles. The van der Waals surface area contributed by atoms with Gasteiger partial charge in [-0.3, -0.25) is 14.4 Å². The molecule has 0 atom stereocenters. The zero-order valence-electron chi connectivity index (χ0n) is 15.4. The number of aliphatic hydroxyl groups is 1. The molecule has 4 rings (SSSR count). The molecule has 1 aromatic heterocycles. The SMILES string of the molecule is O=C(O)CCC(=O)C1=C(O)c2cc(-c3ccccc3)cn2C2(CCCC2)C1=O. The van der Waals surface area contributed by atoms with Gasteiger partial charge in [0, 0.05) is 18.2 Å². The number of allylic oxidation sites excluding steroid dienone is 1. The Morgan fingerprint density at radius 2 is 1.71 bits per heavy atom. The lowest BCUT2D eigenvalue weighted by Gasteiger charge is -2.35. The minimum Gasteiger partial charge on any atom is -0.505 e. The zero-order chi connectivity index (χ0) is 19.9. The molecular formula is C22H21NO5. The van der Waals surface area contributed by atoms with Crippen LogP contribution in [0.1, 0.15) is 44.2 Å². The summed E-state index contributed by atoms with van der Waals surface area (Å²) in [6, 6.07) is 11.4. The van der Waals surface area contributed by atoms with E-state index in [1.54, 1.807) is 6.07 Å². The Balaban J connectivity index is 1.85. The Morgan fingerprint density at radius 3 is 2.36 bits per heavy atom. The second kappa shape index (κ2) is 6.78. The largest absolute Gasteiger partial charge is 0.505 e. The first-order valence-electron chi connectivity index (χ1n) is 9.46. The Labute approximate surface area is 162 Å². The highest BCUT2D eigenvalue weighted by Crippen LogP contribution is 2.46. The number of carboxylic acids is 1. The van der Waals surface area contributed by atoms with Crippen molar-refractivity contribution in [2.24, 2.45) is 0 Å². The highest BCUT2D eigenvalue weighted by molar-refractivity contribution is 6.27. The lowest BCUT2D eigenvalue weighted by atomic mass is 9.81. The van der Waals surface area contributed by atoms with Crippen molar-refractivity contribution in [3.63, 3.8) is 0 Å². The summed E-state index contributed by atoms with van der Waals surface area (Å²) >= 11 is 0. The molecule has 1 aliphatic heterocycles. The lowest BCUT2D eigenvalue weighted by molar-refractivity contribution is -0.138. The van der Waals surface area contributed by atoms with E-state index in [9.17, 15) is 19.5 Å². The minimum absolute atomic E-state index is 0.242. The number of aromatic nitrogens is 1. The van der Waals surface area contributed by atoms with E-state index in [0.717, 1.165) is 24.0 Å². The van der Waals surface area contributed by atoms with Crippen molar-refractivity contribution in [1.82, 2.24) is 4.57 Å². The molecule has 2 aromatic rings. The number of ketones is 2. The van der Waals surface area contributed by atoms with Crippen LogP contribution in [0.25, 0.3) is 16.9 Å². The molecule has 2 aliphatic rings. The topological polar surface area (TPSA) is 96.6 Å². The quantitative estimate of drug-likeness (QED) is 0.772. The van der Waals surface area contributed by atoms with E-state index in [4.69, 9.17) is 5.11 Å². The Morgan fingerprint density at radius 1 is 1.04 bits per heavy atom. The number of hydrogen-bond acceptors (Lipinski definition) is 4. The van der Waals surface area contributed by atoms with Gasteiger partial charge in [-0.15, -0.1) is 0 Å². The molecule has 0 unspecified atom stereocenters. The molecule has 0 amide bonds. The summed E-state index contributed by atoms with van der Waals surface area (Å²) in [6.45, 7) is 0. The fourth-order valence-electron chi connectivity index (χ4n) is 4.40. The fraction of sp³-hybridized carbons (Fsp3) is 0.318. The number of nitrogens with zero attached hydrogens (tertiary/aromatic N) is 1. The van der Waals surface area contributed by atoms with Crippen LogP contribution in [0.15, 0.2) is 48.2 Å². The number of aliphatic hydroxyl groups excluding tert-OH is 1. The maximum Gasteiger partial charge on any atom is 0.303 e. The molecule has 2 N–H and O–H groups in total. The predicted molar refractivity (Wildman–Crippen MR) is 103 cm³/mol. The summed E-state index contributed by atoms with van der Waals surface area (Å²) in [5, 5.41) is 19.7. The highest BCUT2D eigenvalue weighted by atomic mass is 16.4. The smallest absolute Gasteiger partial charge is 0.303 e. The molecule has 1 aliphatic carbocycles. The van der Waals surface area contributed by atoms with Gasteiger partial charge in [-0.05, 0) is 24.5 Å². The van der Waals surface area contributed by atoms with Crippen LogP contribution in [0.3, 0.4) is 0 Å². The van der Waals surface area contributed by atoms with Crippen LogP contribution in [0.5, 0.6) is 0 Å². The van der Waals surface area contributed by atoms with Crippen molar-refractivity contribution >= 4 is 23.3 Å². The Hall–Kier alpha value is -3.15. The zero-order valence-corrected chi connectivity index (χ0v) is 15.4. The summed E-state index contributed by atoms with van der Waals surface area (Å²) in [5.41, 5.74) is 1.15. The normalized spacial score (nSPS) is 17.8. The van der Waals surface area contributed by atoms with Crippen LogP contribution in [0, 0.1) is 0 Å². The number of hydrogen-bond donors (Lipinski definition) is 2. The lowest BCUT2D eigenvalue weighted by Crippen LogP contribution is -2.45. The Kier molecular flexibility index (Phi) is 4.41. The maximum absolute atomic E-state index is 13.3. The van der Waals surface area contributed by atoms with Gasteiger partial charge in [-0.1, -0.05) is 43.2 Å². The number of carboxylic acid groups (broad SMARTS) is 1. The van der Waals surface area contributed by atoms with E-state index in [-0.39, 0.29) is 30.0 Å². The molecule has 1 spiro atoms. The molecular weight excluding hydrogens is 358 g/mol. The van der Waals surface area contributed by atoms with Crippen molar-refractivity contribution in [1.29, 1.82) is 0 Å². The van der Waals surface area contributed by atoms with Crippen LogP contribution >= 0.6 is 0 Å². The predicted octanol–water partition coefficient (Wildman–Crippen LogP) is 3.71. The number of Topliss-reactive ketones (excluding diaryl/α,β-unsaturated/α-hetero) is 2. The molecule has 1 aromatic carbocycles. The molecule has 0 radical (unpaired) electrons. The summed E-state index contributed by atoms with van der Waals surface area (Å²) in [7, 11) is 0. The third-order valence-corrected chi connectivity index (χ3v) is 5.79. The molecule has 1 saturated carbocycles. The number of carbonyl (C=O) groups excluding carboxylic acids is 2. The number of fused-ring (bicyclic) bond motifs is 2. The van der Waals surface area contributed by atoms with E-state index in [1.165, 1.54) is 0 Å². The summed E-state index contributed by atoms with van der Waals surface area (Å²) < 4.78 is 1.83. The van der Waals surface area contributed by atoms with E-state index >= 15 is 0 Å². The van der Waals surface area contributed by atoms with Crippen LogP contribution in [-0.4, -0.2) is 32.3 Å². The highest BCUT2D eigenvalue weighted by Gasteiger charge is 2.50. The molecule has 6 nitrogen and oxygen atoms in total. The van der Waals surface area contributed by atoms with Crippen molar-refractivity contribution in [3.8, 4) is 11.1 Å². The van der Waals surface area contributed by atoms with E-state index in [0.29, 0.717) is 18.5 Å². The van der Waals surface area contributed by atoms with E-state index in [2.05, 4.69) is 0 Å². The standard InChI is InChI=1S/C22H21NO5/c24-17(8-9-18(25)26)19-20(27)16-12-15(14-6-2-1-3-7-14)13-23(16)22(21(19)28)10-4-5-11-22/h1-3,6-7,12-13,27H,4-5,8-11H2,(H,25,26). The van der Waals surface area contributed by atoms with Crippen LogP contribution in [0.2, 0.25) is 0 Å². The summed E-state index contributed by atoms with van der Waals surface area (Å²) in [4.78, 5) is 36.8. The van der Waals surface area contributed by atoms with Gasteiger partial charge in [-0.25, -0.2) is 0 Å². The fourth-order valence-corrected chi connectivity index (χ4v) is 4.40. The average molecular weight is 379 g/mol.